The molecule has 0 saturated heterocycles. The molecule has 9 heteroatoms. The maximum Gasteiger partial charge on any atom is 0.339 e. The maximum atomic E-state index is 13.1. The Labute approximate surface area is 190 Å². The van der Waals surface area contributed by atoms with Gasteiger partial charge in [-0.1, -0.05) is 22.8 Å². The number of aryl methyl sites for hydroxylation is 2. The van der Waals surface area contributed by atoms with Crippen molar-refractivity contribution in [3.63, 3.8) is 0 Å². The molecule has 0 saturated carbocycles. The molecule has 0 fully saturated rings. The molecular weight excluding hydrogens is 452 g/mol. The average molecular weight is 467 g/mol. The van der Waals surface area contributed by atoms with Crippen LogP contribution < -0.4 is 5.63 Å². The molecule has 0 aliphatic heterocycles. The third-order valence-corrected chi connectivity index (χ3v) is 6.38. The molecule has 32 heavy (non-hydrogen) atoms. The van der Waals surface area contributed by atoms with Gasteiger partial charge in [-0.3, -0.25) is 0 Å². The zero-order valence-electron chi connectivity index (χ0n) is 17.0. The first-order valence-corrected chi connectivity index (χ1v) is 10.9. The SMILES string of the molecule is Cc1cc2oc(=O)cc(COC(=O)c3cc(-c4cccs4)nc4onc(C)c34)c2cc1Cl. The second kappa shape index (κ2) is 7.89. The highest BCUT2D eigenvalue weighted by Crippen LogP contribution is 2.30. The predicted molar refractivity (Wildman–Crippen MR) is 121 cm³/mol. The van der Waals surface area contributed by atoms with Crippen LogP contribution in [0.15, 0.2) is 55.5 Å². The second-order valence-corrected chi connectivity index (χ2v) is 8.60. The number of fused-ring (bicyclic) bond motifs is 2. The van der Waals surface area contributed by atoms with Crippen molar-refractivity contribution >= 4 is 51.0 Å². The fraction of sp³-hybridized carbons (Fsp3) is 0.130. The number of nitrogens with zero attached hydrogens (tertiary/aromatic N) is 2. The molecule has 4 aromatic heterocycles. The summed E-state index contributed by atoms with van der Waals surface area (Å²) >= 11 is 7.74. The summed E-state index contributed by atoms with van der Waals surface area (Å²) in [5.74, 6) is -0.582. The second-order valence-electron chi connectivity index (χ2n) is 7.24. The van der Waals surface area contributed by atoms with Gasteiger partial charge in [0.25, 0.3) is 5.71 Å². The molecule has 0 radical (unpaired) electrons. The van der Waals surface area contributed by atoms with E-state index in [0.717, 1.165) is 10.4 Å². The van der Waals surface area contributed by atoms with Gasteiger partial charge in [0.15, 0.2) is 0 Å². The maximum absolute atomic E-state index is 13.1. The van der Waals surface area contributed by atoms with Gasteiger partial charge in [0.2, 0.25) is 0 Å². The van der Waals surface area contributed by atoms with Gasteiger partial charge in [0, 0.05) is 22.0 Å². The molecule has 0 amide bonds. The molecule has 0 spiro atoms. The van der Waals surface area contributed by atoms with Crippen LogP contribution in [0.3, 0.4) is 0 Å². The Morgan fingerprint density at radius 1 is 1.22 bits per heavy atom. The van der Waals surface area contributed by atoms with Crippen LogP contribution in [-0.4, -0.2) is 16.1 Å². The molecule has 5 rings (SSSR count). The van der Waals surface area contributed by atoms with Crippen molar-refractivity contribution in [3.8, 4) is 10.6 Å². The molecule has 4 heterocycles. The van der Waals surface area contributed by atoms with Gasteiger partial charge in [0.1, 0.15) is 12.2 Å². The van der Waals surface area contributed by atoms with Crippen molar-refractivity contribution in [2.24, 2.45) is 0 Å². The van der Waals surface area contributed by atoms with E-state index in [9.17, 15) is 9.59 Å². The van der Waals surface area contributed by atoms with E-state index < -0.39 is 11.6 Å². The fourth-order valence-electron chi connectivity index (χ4n) is 3.49. The third-order valence-electron chi connectivity index (χ3n) is 5.08. The number of benzene rings is 1. The van der Waals surface area contributed by atoms with E-state index in [1.54, 1.807) is 25.1 Å². The first kappa shape index (κ1) is 20.4. The van der Waals surface area contributed by atoms with E-state index in [0.29, 0.717) is 43.9 Å². The Hall–Kier alpha value is -3.49. The number of aromatic nitrogens is 2. The standard InChI is InChI=1S/C23H15ClN2O5S/c1-11-6-18-14(8-16(11)24)13(7-20(27)30-18)10-29-23(28)15-9-17(19-4-3-5-32-19)25-22-21(15)12(2)26-31-22/h3-9H,10H2,1-2H3. The van der Waals surface area contributed by atoms with E-state index in [-0.39, 0.29) is 12.3 Å². The van der Waals surface area contributed by atoms with E-state index in [2.05, 4.69) is 10.1 Å². The molecule has 0 N–H and O–H groups in total. The Morgan fingerprint density at radius 2 is 2.06 bits per heavy atom. The summed E-state index contributed by atoms with van der Waals surface area (Å²) < 4.78 is 16.2. The number of halogens is 1. The summed E-state index contributed by atoms with van der Waals surface area (Å²) in [5, 5.41) is 7.48. The highest BCUT2D eigenvalue weighted by molar-refractivity contribution is 7.13. The highest BCUT2D eigenvalue weighted by atomic mass is 35.5. The smallest absolute Gasteiger partial charge is 0.339 e. The monoisotopic (exact) mass is 466 g/mol. The summed E-state index contributed by atoms with van der Waals surface area (Å²) in [5.41, 5.74) is 2.79. The topological polar surface area (TPSA) is 95.4 Å². The number of hydrogen-bond donors (Lipinski definition) is 0. The van der Waals surface area contributed by atoms with E-state index in [4.69, 9.17) is 25.3 Å². The largest absolute Gasteiger partial charge is 0.457 e. The minimum Gasteiger partial charge on any atom is -0.457 e. The Morgan fingerprint density at radius 3 is 2.84 bits per heavy atom. The average Bonchev–Trinajstić information content (AvgIpc) is 3.43. The van der Waals surface area contributed by atoms with Crippen LogP contribution in [0.1, 0.15) is 27.2 Å². The summed E-state index contributed by atoms with van der Waals surface area (Å²) in [6, 6.07) is 10.1. The van der Waals surface area contributed by atoms with Crippen LogP contribution in [0.5, 0.6) is 0 Å². The third kappa shape index (κ3) is 3.57. The zero-order valence-corrected chi connectivity index (χ0v) is 18.5. The number of thiophene rings is 1. The normalized spacial score (nSPS) is 11.3. The van der Waals surface area contributed by atoms with Crippen molar-refractivity contribution < 1.29 is 18.5 Å². The number of pyridine rings is 1. The van der Waals surface area contributed by atoms with Crippen LogP contribution >= 0.6 is 22.9 Å². The van der Waals surface area contributed by atoms with Crippen LogP contribution in [0, 0.1) is 13.8 Å². The molecule has 0 bridgehead atoms. The van der Waals surface area contributed by atoms with Gasteiger partial charge in [-0.15, -0.1) is 11.3 Å². The first-order valence-electron chi connectivity index (χ1n) is 9.61. The van der Waals surface area contributed by atoms with Gasteiger partial charge in [-0.25, -0.2) is 14.6 Å². The number of rotatable bonds is 4. The lowest BCUT2D eigenvalue weighted by molar-refractivity contribution is 0.0476. The van der Waals surface area contributed by atoms with E-state index >= 15 is 0 Å². The van der Waals surface area contributed by atoms with Gasteiger partial charge in [0.05, 0.1) is 27.2 Å². The molecule has 1 aromatic carbocycles. The number of carbonyl (C=O) groups excluding carboxylic acids is 1. The quantitative estimate of drug-likeness (QED) is 0.248. The van der Waals surface area contributed by atoms with E-state index in [1.807, 2.05) is 24.4 Å². The van der Waals surface area contributed by atoms with Crippen LogP contribution in [-0.2, 0) is 11.3 Å². The van der Waals surface area contributed by atoms with Crippen LogP contribution in [0.4, 0.5) is 0 Å². The van der Waals surface area contributed by atoms with Crippen molar-refractivity contribution in [1.82, 2.24) is 10.1 Å². The lowest BCUT2D eigenvalue weighted by Crippen LogP contribution is -2.09. The molecule has 0 atom stereocenters. The summed E-state index contributed by atoms with van der Waals surface area (Å²) in [7, 11) is 0. The minimum atomic E-state index is -0.582. The number of carbonyl (C=O) groups is 1. The van der Waals surface area contributed by atoms with Crippen LogP contribution in [0.2, 0.25) is 5.02 Å². The van der Waals surface area contributed by atoms with E-state index in [1.165, 1.54) is 17.4 Å². The van der Waals surface area contributed by atoms with Gasteiger partial charge < -0.3 is 13.7 Å². The summed E-state index contributed by atoms with van der Waals surface area (Å²) in [6.07, 6.45) is 0. The van der Waals surface area contributed by atoms with Crippen molar-refractivity contribution in [2.75, 3.05) is 0 Å². The molecule has 5 aromatic rings. The van der Waals surface area contributed by atoms with Crippen molar-refractivity contribution in [2.45, 2.75) is 20.5 Å². The number of ether oxygens (including phenoxy) is 1. The van der Waals surface area contributed by atoms with Gasteiger partial charge >= 0.3 is 11.6 Å². The molecule has 160 valence electrons. The Kier molecular flexibility index (Phi) is 5.03. The zero-order chi connectivity index (χ0) is 22.4. The molecule has 7 nitrogen and oxygen atoms in total. The number of esters is 1. The molecule has 0 unspecified atom stereocenters. The minimum absolute atomic E-state index is 0.136. The van der Waals surface area contributed by atoms with Gasteiger partial charge in [-0.2, -0.15) is 0 Å². The highest BCUT2D eigenvalue weighted by Gasteiger charge is 2.21. The lowest BCUT2D eigenvalue weighted by Gasteiger charge is -2.10. The number of hydrogen-bond acceptors (Lipinski definition) is 8. The predicted octanol–water partition coefficient (Wildman–Crippen LogP) is 5.68. The summed E-state index contributed by atoms with van der Waals surface area (Å²) in [4.78, 5) is 30.5. The van der Waals surface area contributed by atoms with Crippen molar-refractivity contribution in [3.05, 3.63) is 79.6 Å². The van der Waals surface area contributed by atoms with Crippen molar-refractivity contribution in [1.29, 1.82) is 0 Å². The first-order chi connectivity index (χ1) is 15.4. The Bertz CT molecular complexity index is 1550. The van der Waals surface area contributed by atoms with Crippen LogP contribution in [0.25, 0.3) is 32.6 Å². The fourth-order valence-corrected chi connectivity index (χ4v) is 4.34. The summed E-state index contributed by atoms with van der Waals surface area (Å²) in [6.45, 7) is 3.41. The molecule has 0 aliphatic carbocycles. The molecular formula is C23H15ClN2O5S. The van der Waals surface area contributed by atoms with Gasteiger partial charge in [-0.05, 0) is 49.1 Å². The Balaban J connectivity index is 1.53. The molecule has 0 aliphatic rings. The lowest BCUT2D eigenvalue weighted by atomic mass is 10.1.